The van der Waals surface area contributed by atoms with Gasteiger partial charge in [-0.2, -0.15) is 0 Å². The third kappa shape index (κ3) is 3.30. The molecular formula is C9H18N4O2. The highest BCUT2D eigenvalue weighted by atomic mass is 16.4. The number of carbonyl (C=O) groups is 1. The van der Waals surface area contributed by atoms with Gasteiger partial charge in [0.2, 0.25) is 0 Å². The van der Waals surface area contributed by atoms with Crippen molar-refractivity contribution in [2.24, 2.45) is 10.9 Å². The van der Waals surface area contributed by atoms with Crippen LogP contribution in [0.2, 0.25) is 0 Å². The van der Waals surface area contributed by atoms with Crippen molar-refractivity contribution < 1.29 is 10.0 Å². The quantitative estimate of drug-likeness (QED) is 0.299. The first-order valence-electron chi connectivity index (χ1n) is 5.11. The Bertz CT molecular complexity index is 248. The maximum absolute atomic E-state index is 11.8. The van der Waals surface area contributed by atoms with Gasteiger partial charge in [0.1, 0.15) is 0 Å². The van der Waals surface area contributed by atoms with Crippen molar-refractivity contribution in [3.05, 3.63) is 0 Å². The minimum Gasteiger partial charge on any atom is -0.409 e. The van der Waals surface area contributed by atoms with Gasteiger partial charge in [-0.1, -0.05) is 5.16 Å². The van der Waals surface area contributed by atoms with Crippen molar-refractivity contribution in [2.75, 3.05) is 26.7 Å². The van der Waals surface area contributed by atoms with Gasteiger partial charge in [0.25, 0.3) is 0 Å². The van der Waals surface area contributed by atoms with E-state index in [1.54, 1.807) is 11.9 Å². The molecule has 0 spiro atoms. The van der Waals surface area contributed by atoms with E-state index < -0.39 is 0 Å². The van der Waals surface area contributed by atoms with Gasteiger partial charge in [0.05, 0.1) is 6.54 Å². The van der Waals surface area contributed by atoms with Crippen LogP contribution in [0.3, 0.4) is 0 Å². The minimum atomic E-state index is -0.0544. The zero-order chi connectivity index (χ0) is 11.3. The number of rotatable bonds is 2. The molecule has 86 valence electrons. The molecule has 0 bridgehead atoms. The standard InChI is InChI=1S/C9H18N4O2/c1-12(7-8(10)11-15)9(14)13-5-3-2-4-6-13/h15H,2-7H2,1H3,(H2,10,11). The largest absolute Gasteiger partial charge is 0.409 e. The van der Waals surface area contributed by atoms with Crippen LogP contribution in [0, 0.1) is 0 Å². The lowest BCUT2D eigenvalue weighted by molar-refractivity contribution is 0.157. The topological polar surface area (TPSA) is 82.2 Å². The third-order valence-electron chi connectivity index (χ3n) is 2.48. The first-order valence-corrected chi connectivity index (χ1v) is 5.11. The van der Waals surface area contributed by atoms with Gasteiger partial charge < -0.3 is 20.7 Å². The van der Waals surface area contributed by atoms with Gasteiger partial charge in [0.15, 0.2) is 5.84 Å². The summed E-state index contributed by atoms with van der Waals surface area (Å²) in [5.41, 5.74) is 5.33. The van der Waals surface area contributed by atoms with Crippen LogP contribution in [0.5, 0.6) is 0 Å². The first-order chi connectivity index (χ1) is 7.15. The zero-order valence-electron chi connectivity index (χ0n) is 9.02. The van der Waals surface area contributed by atoms with E-state index >= 15 is 0 Å². The van der Waals surface area contributed by atoms with Crippen molar-refractivity contribution in [1.82, 2.24) is 9.80 Å². The summed E-state index contributed by atoms with van der Waals surface area (Å²) in [6, 6.07) is -0.0544. The molecule has 0 saturated carbocycles. The molecule has 1 saturated heterocycles. The number of amidine groups is 1. The molecule has 2 amide bonds. The second-order valence-electron chi connectivity index (χ2n) is 3.78. The number of nitrogens with two attached hydrogens (primary N) is 1. The summed E-state index contributed by atoms with van der Waals surface area (Å²) in [6.07, 6.45) is 3.31. The van der Waals surface area contributed by atoms with E-state index in [1.165, 1.54) is 11.3 Å². The van der Waals surface area contributed by atoms with Crippen molar-refractivity contribution in [3.8, 4) is 0 Å². The molecule has 6 nitrogen and oxygen atoms in total. The van der Waals surface area contributed by atoms with Crippen LogP contribution in [0.15, 0.2) is 5.16 Å². The molecule has 0 aromatic rings. The molecule has 0 aliphatic carbocycles. The van der Waals surface area contributed by atoms with Crippen LogP contribution < -0.4 is 5.73 Å². The lowest BCUT2D eigenvalue weighted by atomic mass is 10.1. The number of amides is 2. The molecule has 1 fully saturated rings. The highest BCUT2D eigenvalue weighted by Gasteiger charge is 2.20. The van der Waals surface area contributed by atoms with Gasteiger partial charge in [0, 0.05) is 20.1 Å². The van der Waals surface area contributed by atoms with E-state index in [1.807, 2.05) is 0 Å². The molecule has 1 aliphatic heterocycles. The van der Waals surface area contributed by atoms with E-state index in [9.17, 15) is 4.79 Å². The number of piperidine rings is 1. The van der Waals surface area contributed by atoms with Gasteiger partial charge in [-0.15, -0.1) is 0 Å². The normalized spacial score (nSPS) is 17.7. The first kappa shape index (κ1) is 11.6. The number of likely N-dealkylation sites (N-methyl/N-ethyl adjacent to an activating group) is 1. The summed E-state index contributed by atoms with van der Waals surface area (Å²) < 4.78 is 0. The van der Waals surface area contributed by atoms with E-state index in [4.69, 9.17) is 10.9 Å². The molecule has 0 radical (unpaired) electrons. The highest BCUT2D eigenvalue weighted by molar-refractivity contribution is 5.86. The second-order valence-corrected chi connectivity index (χ2v) is 3.78. The molecule has 15 heavy (non-hydrogen) atoms. The number of hydrogen-bond donors (Lipinski definition) is 2. The van der Waals surface area contributed by atoms with E-state index in [0.717, 1.165) is 25.9 Å². The smallest absolute Gasteiger partial charge is 0.320 e. The maximum Gasteiger partial charge on any atom is 0.320 e. The summed E-state index contributed by atoms with van der Waals surface area (Å²) in [4.78, 5) is 15.1. The summed E-state index contributed by atoms with van der Waals surface area (Å²) in [5, 5.41) is 11.2. The minimum absolute atomic E-state index is 0.0443. The fourth-order valence-electron chi connectivity index (χ4n) is 1.67. The molecule has 1 aliphatic rings. The average Bonchev–Trinajstić information content (AvgIpc) is 2.29. The summed E-state index contributed by atoms with van der Waals surface area (Å²) in [6.45, 7) is 1.77. The highest BCUT2D eigenvalue weighted by Crippen LogP contribution is 2.10. The van der Waals surface area contributed by atoms with Crippen molar-refractivity contribution in [3.63, 3.8) is 0 Å². The lowest BCUT2D eigenvalue weighted by Crippen LogP contribution is -2.46. The number of hydrogen-bond acceptors (Lipinski definition) is 3. The van der Waals surface area contributed by atoms with E-state index in [2.05, 4.69) is 5.16 Å². The molecule has 3 N–H and O–H groups in total. The van der Waals surface area contributed by atoms with Crippen molar-refractivity contribution in [2.45, 2.75) is 19.3 Å². The SMILES string of the molecule is CN(CC(N)=NO)C(=O)N1CCCCC1. The maximum atomic E-state index is 11.8. The lowest BCUT2D eigenvalue weighted by Gasteiger charge is -2.30. The van der Waals surface area contributed by atoms with E-state index in [-0.39, 0.29) is 18.4 Å². The van der Waals surface area contributed by atoms with Crippen LogP contribution in [0.1, 0.15) is 19.3 Å². The van der Waals surface area contributed by atoms with E-state index in [0.29, 0.717) is 0 Å². The van der Waals surface area contributed by atoms with Gasteiger partial charge in [-0.3, -0.25) is 0 Å². The summed E-state index contributed by atoms with van der Waals surface area (Å²) >= 11 is 0. The third-order valence-corrected chi connectivity index (χ3v) is 2.48. The molecule has 1 rings (SSSR count). The van der Waals surface area contributed by atoms with Gasteiger partial charge in [-0.25, -0.2) is 4.79 Å². The Balaban J connectivity index is 2.44. The number of likely N-dealkylation sites (tertiary alicyclic amines) is 1. The molecular weight excluding hydrogens is 196 g/mol. The molecule has 0 aromatic carbocycles. The van der Waals surface area contributed by atoms with Crippen LogP contribution in [0.4, 0.5) is 4.79 Å². The van der Waals surface area contributed by atoms with Crippen molar-refractivity contribution >= 4 is 11.9 Å². The second kappa shape index (κ2) is 5.43. The zero-order valence-corrected chi connectivity index (χ0v) is 9.02. The monoisotopic (exact) mass is 214 g/mol. The molecule has 0 unspecified atom stereocenters. The van der Waals surface area contributed by atoms with Crippen LogP contribution >= 0.6 is 0 Å². The van der Waals surface area contributed by atoms with Gasteiger partial charge >= 0.3 is 6.03 Å². The Morgan fingerprint density at radius 3 is 2.60 bits per heavy atom. The van der Waals surface area contributed by atoms with Gasteiger partial charge in [-0.05, 0) is 19.3 Å². The predicted octanol–water partition coefficient (Wildman–Crippen LogP) is 0.270. The molecule has 6 heteroatoms. The number of nitrogens with zero attached hydrogens (tertiary/aromatic N) is 3. The predicted molar refractivity (Wildman–Crippen MR) is 56.9 cm³/mol. The Hall–Kier alpha value is -1.46. The fourth-order valence-corrected chi connectivity index (χ4v) is 1.67. The van der Waals surface area contributed by atoms with Crippen molar-refractivity contribution in [1.29, 1.82) is 0 Å². The Morgan fingerprint density at radius 2 is 2.07 bits per heavy atom. The average molecular weight is 214 g/mol. The fraction of sp³-hybridized carbons (Fsp3) is 0.778. The molecule has 0 aromatic heterocycles. The summed E-state index contributed by atoms with van der Waals surface area (Å²) in [5.74, 6) is 0.0443. The number of urea groups is 1. The Labute approximate surface area is 89.3 Å². The number of carbonyl (C=O) groups excluding carboxylic acids is 1. The van der Waals surface area contributed by atoms with Crippen LogP contribution in [0.25, 0.3) is 0 Å². The van der Waals surface area contributed by atoms with Crippen LogP contribution in [-0.2, 0) is 0 Å². The molecule has 1 heterocycles. The Kier molecular flexibility index (Phi) is 4.20. The summed E-state index contributed by atoms with van der Waals surface area (Å²) in [7, 11) is 1.65. The molecule has 0 atom stereocenters. The number of oxime groups is 1. The van der Waals surface area contributed by atoms with Crippen LogP contribution in [-0.4, -0.2) is 53.6 Å². The Morgan fingerprint density at radius 1 is 1.47 bits per heavy atom.